The number of aryl methyl sites for hydroxylation is 8. The molecule has 6 aromatic rings. The van der Waals surface area contributed by atoms with E-state index >= 15 is 0 Å². The normalized spacial score (nSPS) is 9.70. The summed E-state index contributed by atoms with van der Waals surface area (Å²) in [6, 6.07) is 31.7. The Morgan fingerprint density at radius 3 is 1.05 bits per heavy atom. The molecule has 0 aliphatic carbocycles. The van der Waals surface area contributed by atoms with Crippen LogP contribution in [-0.2, 0) is 23.3 Å². The van der Waals surface area contributed by atoms with E-state index in [1.54, 1.807) is 0 Å². The summed E-state index contributed by atoms with van der Waals surface area (Å²) in [7, 11) is 0. The van der Waals surface area contributed by atoms with Gasteiger partial charge in [0.05, 0.1) is 0 Å². The summed E-state index contributed by atoms with van der Waals surface area (Å²) in [5.74, 6) is 0. The van der Waals surface area contributed by atoms with E-state index in [4.69, 9.17) is 0 Å². The van der Waals surface area contributed by atoms with Crippen molar-refractivity contribution in [3.8, 4) is 22.3 Å². The molecule has 0 N–H and O–H groups in total. The van der Waals surface area contributed by atoms with Crippen LogP contribution >= 0.6 is 24.8 Å². The summed E-state index contributed by atoms with van der Waals surface area (Å²) < 4.78 is 0. The zero-order chi connectivity index (χ0) is 29.1. The van der Waals surface area contributed by atoms with Crippen molar-refractivity contribution in [3.05, 3.63) is 144 Å². The van der Waals surface area contributed by atoms with Gasteiger partial charge in [0.25, 0.3) is 0 Å². The molecule has 4 heteroatoms. The molecule has 0 saturated heterocycles. The maximum atomic E-state index is 3.06. The van der Waals surface area contributed by atoms with Crippen molar-refractivity contribution in [1.82, 2.24) is 0 Å². The Morgan fingerprint density at radius 1 is 0.455 bits per heavy atom. The fourth-order valence-electron chi connectivity index (χ4n) is 6.09. The first-order chi connectivity index (χ1) is 19.1. The third-order valence-electron chi connectivity index (χ3n) is 7.51. The second-order valence-electron chi connectivity index (χ2n) is 11.3. The Balaban J connectivity index is 0.000000733. The molecule has 0 atom stereocenters. The summed E-state index contributed by atoms with van der Waals surface area (Å²) >= 11 is 1.36. The van der Waals surface area contributed by atoms with Crippen LogP contribution in [0.3, 0.4) is 0 Å². The Bertz CT molecular complexity index is 1650. The van der Waals surface area contributed by atoms with Crippen molar-refractivity contribution in [2.45, 2.75) is 55.4 Å². The zero-order valence-corrected chi connectivity index (χ0v) is 33.0. The van der Waals surface area contributed by atoms with Crippen LogP contribution in [0, 0.1) is 70.2 Å². The molecule has 44 heavy (non-hydrogen) atoms. The van der Waals surface area contributed by atoms with Gasteiger partial charge in [-0.3, -0.25) is 0 Å². The zero-order valence-electron chi connectivity index (χ0n) is 27.9. The van der Waals surface area contributed by atoms with E-state index in [0.717, 1.165) is 0 Å². The first kappa shape index (κ1) is 41.8. The van der Waals surface area contributed by atoms with E-state index in [9.17, 15) is 0 Å². The summed E-state index contributed by atoms with van der Waals surface area (Å²) in [6.45, 7) is 20.5. The Labute approximate surface area is 296 Å². The maximum absolute atomic E-state index is 3.06. The SMILES string of the molecule is Cc1cc(C)cc(-c2c(C)ccc3[cH-]c(C)cc23)c1.Cc1cc(C)cc(-c2c(C)ccc3[cH-]c(C)cc23)c1.Cl.Cl.[CH3-].[CH3-].[Si]=[Zr]. The molecule has 0 nitrogen and oxygen atoms in total. The molecule has 232 valence electrons. The number of halogens is 2. The third kappa shape index (κ3) is 9.40. The average Bonchev–Trinajstić information content (AvgIpc) is 3.45. The van der Waals surface area contributed by atoms with Crippen molar-refractivity contribution in [1.29, 1.82) is 0 Å². The van der Waals surface area contributed by atoms with Crippen LogP contribution < -0.4 is 0 Å². The van der Waals surface area contributed by atoms with Gasteiger partial charge in [-0.15, -0.1) is 93.9 Å². The van der Waals surface area contributed by atoms with Crippen molar-refractivity contribution in [2.75, 3.05) is 0 Å². The number of rotatable bonds is 2. The van der Waals surface area contributed by atoms with Crippen LogP contribution in [0.1, 0.15) is 44.5 Å². The fraction of sp³-hybridized carbons (Fsp3) is 0.200. The summed E-state index contributed by atoms with van der Waals surface area (Å²) in [4.78, 5) is 0. The molecule has 0 aromatic heterocycles. The predicted molar refractivity (Wildman–Crippen MR) is 201 cm³/mol. The first-order valence-corrected chi connectivity index (χ1v) is 18.0. The van der Waals surface area contributed by atoms with Gasteiger partial charge >= 0.3 is 30.2 Å². The second-order valence-corrected chi connectivity index (χ2v) is 11.3. The van der Waals surface area contributed by atoms with Crippen LogP contribution in [0.4, 0.5) is 0 Å². The molecule has 0 aliphatic heterocycles. The van der Waals surface area contributed by atoms with Crippen molar-refractivity contribution in [2.24, 2.45) is 0 Å². The molecule has 0 amide bonds. The molecule has 0 saturated carbocycles. The van der Waals surface area contributed by atoms with Gasteiger partial charge in [-0.05, 0) is 52.7 Å². The van der Waals surface area contributed by atoms with Crippen molar-refractivity contribution in [3.63, 3.8) is 0 Å². The Morgan fingerprint density at radius 2 is 0.750 bits per heavy atom. The van der Waals surface area contributed by atoms with Gasteiger partial charge in [-0.1, -0.05) is 94.8 Å². The van der Waals surface area contributed by atoms with Gasteiger partial charge in [0.1, 0.15) is 0 Å². The molecular weight excluding hydrogens is 671 g/mol. The van der Waals surface area contributed by atoms with Crippen molar-refractivity contribution < 1.29 is 23.3 Å². The number of hydrogen-bond donors (Lipinski definition) is 0. The summed E-state index contributed by atoms with van der Waals surface area (Å²) in [5.41, 5.74) is 16.1. The number of hydrogen-bond acceptors (Lipinski definition) is 0. The Kier molecular flexibility index (Phi) is 17.1. The topological polar surface area (TPSA) is 0 Å². The van der Waals surface area contributed by atoms with Crippen LogP contribution in [0.25, 0.3) is 43.8 Å². The molecule has 0 unspecified atom stereocenters. The monoisotopic (exact) mass is 714 g/mol. The van der Waals surface area contributed by atoms with Gasteiger partial charge in [-0.2, -0.15) is 12.1 Å². The van der Waals surface area contributed by atoms with E-state index in [0.29, 0.717) is 0 Å². The second kappa shape index (κ2) is 18.1. The molecule has 6 aromatic carbocycles. The quantitative estimate of drug-likeness (QED) is 0.124. The van der Waals surface area contributed by atoms with Crippen LogP contribution in [0.5, 0.6) is 0 Å². The minimum absolute atomic E-state index is 0. The van der Waals surface area contributed by atoms with Crippen LogP contribution in [0.15, 0.2) is 84.9 Å². The van der Waals surface area contributed by atoms with Crippen LogP contribution in [0.2, 0.25) is 0 Å². The van der Waals surface area contributed by atoms with E-state index in [2.05, 4.69) is 147 Å². The summed E-state index contributed by atoms with van der Waals surface area (Å²) in [6.07, 6.45) is 0. The molecule has 6 rings (SSSR count). The molecule has 0 spiro atoms. The van der Waals surface area contributed by atoms with E-state index in [1.807, 2.05) is 0 Å². The molecule has 0 heterocycles. The van der Waals surface area contributed by atoms with E-state index in [1.165, 1.54) is 112 Å². The Hall–Kier alpha value is -2.22. The van der Waals surface area contributed by atoms with Gasteiger partial charge < -0.3 is 14.9 Å². The molecule has 0 fully saturated rings. The number of fused-ring (bicyclic) bond motifs is 2. The number of benzene rings is 4. The van der Waals surface area contributed by atoms with Crippen molar-refractivity contribution >= 4 is 53.2 Å². The summed E-state index contributed by atoms with van der Waals surface area (Å²) in [5, 5.41) is 5.44. The first-order valence-electron chi connectivity index (χ1n) is 13.8. The van der Waals surface area contributed by atoms with E-state index < -0.39 is 0 Å². The standard InChI is InChI=1S/2C19H19.2CH3.2ClH.Si.Zr/c2*1-12-7-13(2)10-17(9-12)19-15(4)5-6-16-8-14(3)11-18(16)19;;;;;;/h2*5-11H,1-4H3;2*1H3;2*1H;;/q4*-1;;;;. The van der Waals surface area contributed by atoms with E-state index in [-0.39, 0.29) is 39.7 Å². The van der Waals surface area contributed by atoms with Gasteiger partial charge in [0.15, 0.2) is 0 Å². The van der Waals surface area contributed by atoms with Gasteiger partial charge in [0.2, 0.25) is 0 Å². The van der Waals surface area contributed by atoms with Gasteiger partial charge in [-0.25, -0.2) is 0 Å². The predicted octanol–water partition coefficient (Wildman–Crippen LogP) is 12.3. The molecule has 0 bridgehead atoms. The molecule has 0 aliphatic rings. The molecular formula is C40H46Cl2SiZr-4. The average molecular weight is 717 g/mol. The van der Waals surface area contributed by atoms with Gasteiger partial charge in [0, 0.05) is 0 Å². The van der Waals surface area contributed by atoms with Crippen LogP contribution in [-0.4, -0.2) is 6.88 Å². The third-order valence-corrected chi connectivity index (χ3v) is 7.51. The fourth-order valence-corrected chi connectivity index (χ4v) is 6.09. The molecule has 2 radical (unpaired) electrons. The minimum atomic E-state index is 0.